The first-order valence-corrected chi connectivity index (χ1v) is 7.36. The molecular weight excluding hydrogens is 255 g/mol. The number of ether oxygens (including phenoxy) is 1. The van der Waals surface area contributed by atoms with Crippen molar-refractivity contribution >= 4 is 7.32 Å². The van der Waals surface area contributed by atoms with E-state index in [1.807, 2.05) is 0 Å². The lowest BCUT2D eigenvalue weighted by Crippen LogP contribution is -2.26. The van der Waals surface area contributed by atoms with Crippen LogP contribution in [0.3, 0.4) is 0 Å². The SMILES string of the molecule is CCCCCCCCOB(O)Oc1ccc(OC)cc1. The normalized spacial score (nSPS) is 10.3. The van der Waals surface area contributed by atoms with E-state index in [1.165, 1.54) is 25.7 Å². The lowest BCUT2D eigenvalue weighted by molar-refractivity contribution is 0.189. The summed E-state index contributed by atoms with van der Waals surface area (Å²) in [5.74, 6) is 1.31. The Bertz CT molecular complexity index is 342. The molecule has 0 spiro atoms. The predicted molar refractivity (Wildman–Crippen MR) is 80.9 cm³/mol. The fourth-order valence-electron chi connectivity index (χ4n) is 1.87. The minimum absolute atomic E-state index is 0.517. The van der Waals surface area contributed by atoms with E-state index < -0.39 is 7.32 Å². The van der Waals surface area contributed by atoms with Gasteiger partial charge in [0.2, 0.25) is 0 Å². The van der Waals surface area contributed by atoms with E-state index in [4.69, 9.17) is 14.0 Å². The van der Waals surface area contributed by atoms with Crippen molar-refractivity contribution in [1.29, 1.82) is 0 Å². The van der Waals surface area contributed by atoms with E-state index in [2.05, 4.69) is 6.92 Å². The van der Waals surface area contributed by atoms with Gasteiger partial charge in [0.05, 0.1) is 7.11 Å². The quantitative estimate of drug-likeness (QED) is 0.498. The molecule has 4 nitrogen and oxygen atoms in total. The maximum Gasteiger partial charge on any atom is 0.710 e. The van der Waals surface area contributed by atoms with Gasteiger partial charge < -0.3 is 19.1 Å². The molecular formula is C15H25BO4. The highest BCUT2D eigenvalue weighted by Gasteiger charge is 2.17. The Kier molecular flexibility index (Phi) is 8.91. The van der Waals surface area contributed by atoms with Crippen LogP contribution in [0.25, 0.3) is 0 Å². The molecule has 1 aromatic rings. The Morgan fingerprint density at radius 2 is 1.55 bits per heavy atom. The summed E-state index contributed by atoms with van der Waals surface area (Å²) in [5, 5.41) is 9.59. The highest BCUT2D eigenvalue weighted by molar-refractivity contribution is 6.35. The molecule has 20 heavy (non-hydrogen) atoms. The molecule has 1 rings (SSSR count). The summed E-state index contributed by atoms with van der Waals surface area (Å²) < 4.78 is 15.5. The van der Waals surface area contributed by atoms with Crippen molar-refractivity contribution in [2.45, 2.75) is 45.4 Å². The topological polar surface area (TPSA) is 47.9 Å². The highest BCUT2D eigenvalue weighted by Crippen LogP contribution is 2.17. The lowest BCUT2D eigenvalue weighted by Gasteiger charge is -2.10. The molecule has 1 N–H and O–H groups in total. The summed E-state index contributed by atoms with van der Waals surface area (Å²) in [6, 6.07) is 7.01. The average Bonchev–Trinajstić information content (AvgIpc) is 2.47. The van der Waals surface area contributed by atoms with Crippen LogP contribution in [0, 0.1) is 0 Å². The van der Waals surface area contributed by atoms with Gasteiger partial charge in [0.25, 0.3) is 0 Å². The van der Waals surface area contributed by atoms with Crippen molar-refractivity contribution in [3.63, 3.8) is 0 Å². The summed E-state index contributed by atoms with van der Waals surface area (Å²) in [6.45, 7) is 2.72. The third-order valence-corrected chi connectivity index (χ3v) is 3.05. The molecule has 0 heterocycles. The van der Waals surface area contributed by atoms with Gasteiger partial charge in [-0.05, 0) is 30.7 Å². The summed E-state index contributed by atoms with van der Waals surface area (Å²) >= 11 is 0. The highest BCUT2D eigenvalue weighted by atomic mass is 16.7. The second kappa shape index (κ2) is 10.6. The molecule has 5 heteroatoms. The second-order valence-corrected chi connectivity index (χ2v) is 4.74. The van der Waals surface area contributed by atoms with E-state index >= 15 is 0 Å². The van der Waals surface area contributed by atoms with E-state index in [1.54, 1.807) is 31.4 Å². The average molecular weight is 280 g/mol. The molecule has 0 fully saturated rings. The molecule has 0 aliphatic rings. The Morgan fingerprint density at radius 3 is 2.20 bits per heavy atom. The third kappa shape index (κ3) is 7.41. The van der Waals surface area contributed by atoms with Gasteiger partial charge >= 0.3 is 7.32 Å². The van der Waals surface area contributed by atoms with Crippen LogP contribution in [-0.2, 0) is 4.65 Å². The van der Waals surface area contributed by atoms with Crippen molar-refractivity contribution in [3.8, 4) is 11.5 Å². The van der Waals surface area contributed by atoms with Crippen LogP contribution in [0.15, 0.2) is 24.3 Å². The monoisotopic (exact) mass is 280 g/mol. The summed E-state index contributed by atoms with van der Waals surface area (Å²) in [4.78, 5) is 0. The standard InChI is InChI=1S/C15H25BO4/c1-3-4-5-6-7-8-13-19-16(17)20-15-11-9-14(18-2)10-12-15/h9-12,17H,3-8,13H2,1-2H3. The number of methoxy groups -OCH3 is 1. The molecule has 1 aromatic carbocycles. The number of benzene rings is 1. The zero-order valence-corrected chi connectivity index (χ0v) is 12.5. The largest absolute Gasteiger partial charge is 0.710 e. The molecule has 0 bridgehead atoms. The molecule has 0 aliphatic heterocycles. The van der Waals surface area contributed by atoms with E-state index in [9.17, 15) is 5.02 Å². The zero-order valence-electron chi connectivity index (χ0n) is 12.5. The number of hydrogen-bond acceptors (Lipinski definition) is 4. The molecule has 0 atom stereocenters. The molecule has 0 radical (unpaired) electrons. The Labute approximate surface area is 122 Å². The van der Waals surface area contributed by atoms with Crippen LogP contribution in [0.2, 0.25) is 0 Å². The second-order valence-electron chi connectivity index (χ2n) is 4.74. The van der Waals surface area contributed by atoms with Crippen LogP contribution >= 0.6 is 0 Å². The summed E-state index contributed by atoms with van der Waals surface area (Å²) in [6.07, 6.45) is 7.14. The van der Waals surface area contributed by atoms with Gasteiger partial charge in [0.15, 0.2) is 0 Å². The van der Waals surface area contributed by atoms with Crippen molar-refractivity contribution < 1.29 is 19.1 Å². The molecule has 112 valence electrons. The zero-order chi connectivity index (χ0) is 14.6. The van der Waals surface area contributed by atoms with E-state index in [0.717, 1.165) is 18.6 Å². The summed E-state index contributed by atoms with van der Waals surface area (Å²) in [5.41, 5.74) is 0. The van der Waals surface area contributed by atoms with Crippen LogP contribution in [0.5, 0.6) is 11.5 Å². The first-order valence-electron chi connectivity index (χ1n) is 7.36. The number of unbranched alkanes of at least 4 members (excludes halogenated alkanes) is 5. The van der Waals surface area contributed by atoms with Crippen LogP contribution < -0.4 is 9.39 Å². The number of rotatable bonds is 11. The Hall–Kier alpha value is -1.20. The first kappa shape index (κ1) is 16.9. The van der Waals surface area contributed by atoms with Crippen molar-refractivity contribution in [1.82, 2.24) is 0 Å². The van der Waals surface area contributed by atoms with Gasteiger partial charge in [-0.2, -0.15) is 0 Å². The predicted octanol–water partition coefficient (Wildman–Crippen LogP) is 3.43. The van der Waals surface area contributed by atoms with Gasteiger partial charge in [0.1, 0.15) is 11.5 Å². The molecule has 0 saturated heterocycles. The van der Waals surface area contributed by atoms with Crippen molar-refractivity contribution in [2.75, 3.05) is 13.7 Å². The fraction of sp³-hybridized carbons (Fsp3) is 0.600. The van der Waals surface area contributed by atoms with Gasteiger partial charge in [0, 0.05) is 6.61 Å². The number of hydrogen-bond donors (Lipinski definition) is 1. The molecule has 0 unspecified atom stereocenters. The minimum Gasteiger partial charge on any atom is -0.512 e. The van der Waals surface area contributed by atoms with Gasteiger partial charge in [-0.1, -0.05) is 39.0 Å². The van der Waals surface area contributed by atoms with Crippen LogP contribution in [0.4, 0.5) is 0 Å². The molecule has 0 aromatic heterocycles. The maximum atomic E-state index is 9.59. The van der Waals surface area contributed by atoms with Crippen molar-refractivity contribution in [3.05, 3.63) is 24.3 Å². The van der Waals surface area contributed by atoms with Gasteiger partial charge in [-0.3, -0.25) is 0 Å². The van der Waals surface area contributed by atoms with Crippen LogP contribution in [0.1, 0.15) is 45.4 Å². The lowest BCUT2D eigenvalue weighted by atomic mass is 10.1. The maximum absolute atomic E-state index is 9.59. The van der Waals surface area contributed by atoms with Crippen LogP contribution in [-0.4, -0.2) is 26.1 Å². The van der Waals surface area contributed by atoms with Crippen molar-refractivity contribution in [2.24, 2.45) is 0 Å². The van der Waals surface area contributed by atoms with E-state index in [-0.39, 0.29) is 0 Å². The first-order chi connectivity index (χ1) is 9.76. The fourth-order valence-corrected chi connectivity index (χ4v) is 1.87. The third-order valence-electron chi connectivity index (χ3n) is 3.05. The Balaban J connectivity index is 2.08. The molecule has 0 saturated carbocycles. The van der Waals surface area contributed by atoms with Gasteiger partial charge in [-0.25, -0.2) is 0 Å². The van der Waals surface area contributed by atoms with E-state index in [0.29, 0.717) is 12.4 Å². The summed E-state index contributed by atoms with van der Waals surface area (Å²) in [7, 11) is 0.396. The van der Waals surface area contributed by atoms with Gasteiger partial charge in [-0.15, -0.1) is 0 Å². The smallest absolute Gasteiger partial charge is 0.512 e. The Morgan fingerprint density at radius 1 is 0.950 bits per heavy atom. The molecule has 0 aliphatic carbocycles. The minimum atomic E-state index is -1.21. The molecule has 0 amide bonds.